The van der Waals surface area contributed by atoms with E-state index in [4.69, 9.17) is 9.47 Å². The number of guanidine groups is 1. The fraction of sp³-hybridized carbons (Fsp3) is 0.708. The van der Waals surface area contributed by atoms with Crippen molar-refractivity contribution in [1.82, 2.24) is 20.4 Å². The Balaban J connectivity index is 0.00000512. The maximum Gasteiger partial charge on any atom is 0.191 e. The number of hydrogen-bond donors (Lipinski definition) is 2. The number of benzene rings is 1. The van der Waals surface area contributed by atoms with Gasteiger partial charge in [-0.15, -0.1) is 24.0 Å². The van der Waals surface area contributed by atoms with Crippen LogP contribution in [0.25, 0.3) is 0 Å². The third-order valence-corrected chi connectivity index (χ3v) is 5.73. The molecular formula is C24H44IN5O2. The van der Waals surface area contributed by atoms with Crippen LogP contribution in [0.4, 0.5) is 0 Å². The lowest BCUT2D eigenvalue weighted by Gasteiger charge is -2.19. The number of aliphatic imine (C=N–C) groups is 1. The van der Waals surface area contributed by atoms with Crippen LogP contribution in [0.2, 0.25) is 0 Å². The Morgan fingerprint density at radius 1 is 1.06 bits per heavy atom. The van der Waals surface area contributed by atoms with E-state index >= 15 is 0 Å². The third kappa shape index (κ3) is 11.0. The number of unbranched alkanes of at least 4 members (excludes halogenated alkanes) is 4. The van der Waals surface area contributed by atoms with E-state index in [0.717, 1.165) is 50.1 Å². The lowest BCUT2D eigenvalue weighted by atomic mass is 10.1. The number of ether oxygens (including phenoxy) is 2. The molecule has 1 saturated heterocycles. The van der Waals surface area contributed by atoms with Crippen LogP contribution in [0.5, 0.6) is 11.5 Å². The van der Waals surface area contributed by atoms with E-state index in [1.165, 1.54) is 44.2 Å². The standard InChI is InChI=1S/C24H43N5O2.HI/c1-25-24(26-12-9-7-6-8-10-13-28(2)3)27-21-11-14-29(19-21)18-20-15-22(30-4)17-23(16-20)31-5;/h15-17,21H,6-14,18-19H2,1-5H3,(H2,25,26,27);1H. The molecule has 2 N–H and O–H groups in total. The topological polar surface area (TPSA) is 61.4 Å². The zero-order valence-electron chi connectivity index (χ0n) is 20.7. The first-order chi connectivity index (χ1) is 15.0. The van der Waals surface area contributed by atoms with E-state index in [1.807, 2.05) is 13.1 Å². The highest BCUT2D eigenvalue weighted by Gasteiger charge is 2.23. The zero-order chi connectivity index (χ0) is 22.5. The Morgan fingerprint density at radius 3 is 2.34 bits per heavy atom. The summed E-state index contributed by atoms with van der Waals surface area (Å²) < 4.78 is 10.8. The first-order valence-electron chi connectivity index (χ1n) is 11.6. The second-order valence-corrected chi connectivity index (χ2v) is 8.66. The first kappa shape index (κ1) is 28.8. The molecule has 8 heteroatoms. The second kappa shape index (κ2) is 16.4. The van der Waals surface area contributed by atoms with E-state index in [1.54, 1.807) is 14.2 Å². The molecule has 0 aliphatic carbocycles. The third-order valence-electron chi connectivity index (χ3n) is 5.73. The van der Waals surface area contributed by atoms with Gasteiger partial charge in [0.1, 0.15) is 11.5 Å². The summed E-state index contributed by atoms with van der Waals surface area (Å²) in [6.07, 6.45) is 7.52. The molecule has 0 amide bonds. The summed E-state index contributed by atoms with van der Waals surface area (Å²) in [5.74, 6) is 2.60. The van der Waals surface area contributed by atoms with Crippen LogP contribution in [0, 0.1) is 0 Å². The maximum atomic E-state index is 5.40. The number of rotatable bonds is 13. The lowest BCUT2D eigenvalue weighted by molar-refractivity contribution is 0.321. The summed E-state index contributed by atoms with van der Waals surface area (Å²) in [5, 5.41) is 7.07. The van der Waals surface area contributed by atoms with E-state index in [0.29, 0.717) is 6.04 Å². The van der Waals surface area contributed by atoms with Gasteiger partial charge in [-0.3, -0.25) is 9.89 Å². The molecule has 1 aromatic carbocycles. The monoisotopic (exact) mass is 561 g/mol. The highest BCUT2D eigenvalue weighted by Crippen LogP contribution is 2.24. The number of hydrogen-bond acceptors (Lipinski definition) is 5. The minimum Gasteiger partial charge on any atom is -0.497 e. The van der Waals surface area contributed by atoms with Crippen molar-refractivity contribution in [3.8, 4) is 11.5 Å². The molecule has 0 aromatic heterocycles. The summed E-state index contributed by atoms with van der Waals surface area (Å²) in [6.45, 7) is 5.14. The van der Waals surface area contributed by atoms with Gasteiger partial charge in [-0.1, -0.05) is 19.3 Å². The average molecular weight is 562 g/mol. The van der Waals surface area contributed by atoms with Gasteiger partial charge in [-0.2, -0.15) is 0 Å². The predicted molar refractivity (Wildman–Crippen MR) is 145 cm³/mol. The molecule has 1 unspecified atom stereocenters. The fourth-order valence-corrected chi connectivity index (χ4v) is 3.99. The van der Waals surface area contributed by atoms with Gasteiger partial charge >= 0.3 is 0 Å². The van der Waals surface area contributed by atoms with Gasteiger partial charge in [0, 0.05) is 45.3 Å². The van der Waals surface area contributed by atoms with Crippen LogP contribution in [-0.4, -0.2) is 83.3 Å². The van der Waals surface area contributed by atoms with Gasteiger partial charge in [0.15, 0.2) is 5.96 Å². The average Bonchev–Trinajstić information content (AvgIpc) is 3.20. The second-order valence-electron chi connectivity index (χ2n) is 8.66. The van der Waals surface area contributed by atoms with E-state index in [9.17, 15) is 0 Å². The Morgan fingerprint density at radius 2 is 1.72 bits per heavy atom. The van der Waals surface area contributed by atoms with Gasteiger partial charge in [0.2, 0.25) is 0 Å². The van der Waals surface area contributed by atoms with Crippen molar-refractivity contribution < 1.29 is 9.47 Å². The van der Waals surface area contributed by atoms with Crippen molar-refractivity contribution >= 4 is 29.9 Å². The summed E-state index contributed by atoms with van der Waals surface area (Å²) in [6, 6.07) is 6.51. The van der Waals surface area contributed by atoms with Crippen LogP contribution >= 0.6 is 24.0 Å². The van der Waals surface area contributed by atoms with Crippen molar-refractivity contribution in [3.05, 3.63) is 23.8 Å². The van der Waals surface area contributed by atoms with E-state index < -0.39 is 0 Å². The number of halogens is 1. The summed E-state index contributed by atoms with van der Waals surface area (Å²) in [4.78, 5) is 9.13. The Hall–Kier alpha value is -1.26. The first-order valence-corrected chi connectivity index (χ1v) is 11.6. The maximum absolute atomic E-state index is 5.40. The molecule has 0 radical (unpaired) electrons. The van der Waals surface area contributed by atoms with Crippen molar-refractivity contribution in [1.29, 1.82) is 0 Å². The zero-order valence-corrected chi connectivity index (χ0v) is 23.0. The molecular weight excluding hydrogens is 517 g/mol. The number of methoxy groups -OCH3 is 2. The van der Waals surface area contributed by atoms with Crippen LogP contribution in [-0.2, 0) is 6.54 Å². The molecule has 1 aliphatic heterocycles. The van der Waals surface area contributed by atoms with Gasteiger partial charge in [0.25, 0.3) is 0 Å². The molecule has 184 valence electrons. The Labute approximate surface area is 212 Å². The number of nitrogens with zero attached hydrogens (tertiary/aromatic N) is 3. The smallest absolute Gasteiger partial charge is 0.191 e. The molecule has 1 aliphatic rings. The fourth-order valence-electron chi connectivity index (χ4n) is 3.99. The van der Waals surface area contributed by atoms with Crippen molar-refractivity contribution in [2.24, 2.45) is 4.99 Å². The SMILES string of the molecule is CN=C(NCCCCCCCN(C)C)NC1CCN(Cc2cc(OC)cc(OC)c2)C1.I. The quantitative estimate of drug-likeness (QED) is 0.166. The summed E-state index contributed by atoms with van der Waals surface area (Å²) in [7, 11) is 9.52. The van der Waals surface area contributed by atoms with Gasteiger partial charge in [0.05, 0.1) is 14.2 Å². The minimum atomic E-state index is 0. The predicted octanol–water partition coefficient (Wildman–Crippen LogP) is 3.57. The number of likely N-dealkylation sites (tertiary alicyclic amines) is 1. The van der Waals surface area contributed by atoms with Crippen molar-refractivity contribution in [3.63, 3.8) is 0 Å². The highest BCUT2D eigenvalue weighted by molar-refractivity contribution is 14.0. The van der Waals surface area contributed by atoms with Crippen molar-refractivity contribution in [2.75, 3.05) is 61.5 Å². The highest BCUT2D eigenvalue weighted by atomic mass is 127. The molecule has 0 saturated carbocycles. The van der Waals surface area contributed by atoms with Crippen molar-refractivity contribution in [2.45, 2.75) is 51.1 Å². The molecule has 0 bridgehead atoms. The van der Waals surface area contributed by atoms with Crippen LogP contribution in [0.1, 0.15) is 44.1 Å². The molecule has 1 atom stereocenters. The minimum absolute atomic E-state index is 0. The van der Waals surface area contributed by atoms with Crippen LogP contribution in [0.3, 0.4) is 0 Å². The van der Waals surface area contributed by atoms with E-state index in [2.05, 4.69) is 51.7 Å². The Bertz CT molecular complexity index is 650. The molecule has 1 aromatic rings. The molecule has 1 heterocycles. The molecule has 2 rings (SSSR count). The van der Waals surface area contributed by atoms with Gasteiger partial charge in [-0.25, -0.2) is 0 Å². The van der Waals surface area contributed by atoms with Crippen LogP contribution in [0.15, 0.2) is 23.2 Å². The van der Waals surface area contributed by atoms with Crippen LogP contribution < -0.4 is 20.1 Å². The molecule has 32 heavy (non-hydrogen) atoms. The van der Waals surface area contributed by atoms with Gasteiger partial charge < -0.3 is 25.0 Å². The normalized spacial score (nSPS) is 16.7. The largest absolute Gasteiger partial charge is 0.497 e. The summed E-state index contributed by atoms with van der Waals surface area (Å²) in [5.41, 5.74) is 1.21. The molecule has 1 fully saturated rings. The molecule has 0 spiro atoms. The Kier molecular flexibility index (Phi) is 14.7. The summed E-state index contributed by atoms with van der Waals surface area (Å²) >= 11 is 0. The lowest BCUT2D eigenvalue weighted by Crippen LogP contribution is -2.44. The van der Waals surface area contributed by atoms with Gasteiger partial charge in [-0.05, 0) is 57.6 Å². The number of nitrogens with one attached hydrogen (secondary N) is 2. The molecule has 7 nitrogen and oxygen atoms in total. The van der Waals surface area contributed by atoms with E-state index in [-0.39, 0.29) is 24.0 Å².